The predicted octanol–water partition coefficient (Wildman–Crippen LogP) is 3.28. The number of amides is 1. The second-order valence-corrected chi connectivity index (χ2v) is 6.08. The summed E-state index contributed by atoms with van der Waals surface area (Å²) in [6.07, 6.45) is 8.02. The molecule has 1 spiro atoms. The highest BCUT2D eigenvalue weighted by Crippen LogP contribution is 2.40. The molecule has 1 aromatic rings. The molecule has 0 aromatic heterocycles. The largest absolute Gasteiger partial charge is 0.466 e. The Morgan fingerprint density at radius 1 is 1.30 bits per heavy atom. The van der Waals surface area contributed by atoms with Crippen molar-refractivity contribution in [2.24, 2.45) is 10.7 Å². The Morgan fingerprint density at radius 3 is 2.74 bits per heavy atom. The van der Waals surface area contributed by atoms with Crippen molar-refractivity contribution in [1.29, 1.82) is 0 Å². The Morgan fingerprint density at radius 2 is 2.04 bits per heavy atom. The minimum atomic E-state index is -0.381. The number of carbonyl (C=O) groups excluding carboxylic acids is 1. The van der Waals surface area contributed by atoms with Crippen LogP contribution in [0.25, 0.3) is 0 Å². The fourth-order valence-corrected chi connectivity index (χ4v) is 3.42. The van der Waals surface area contributed by atoms with Gasteiger partial charge in [0.25, 0.3) is 0 Å². The van der Waals surface area contributed by atoms with E-state index in [1.807, 2.05) is 37.3 Å². The number of hydrogen-bond donors (Lipinski definition) is 1. The fourth-order valence-electron chi connectivity index (χ4n) is 3.42. The molecule has 1 fully saturated rings. The van der Waals surface area contributed by atoms with E-state index in [4.69, 9.17) is 15.5 Å². The fraction of sp³-hybridized carbons (Fsp3) is 0.444. The van der Waals surface area contributed by atoms with Crippen LogP contribution in [0.15, 0.2) is 41.2 Å². The molecule has 23 heavy (non-hydrogen) atoms. The van der Waals surface area contributed by atoms with Gasteiger partial charge < -0.3 is 15.4 Å². The van der Waals surface area contributed by atoms with Crippen molar-refractivity contribution in [3.63, 3.8) is 0 Å². The lowest BCUT2D eigenvalue weighted by Gasteiger charge is -2.33. The maximum absolute atomic E-state index is 11.3. The van der Waals surface area contributed by atoms with Gasteiger partial charge in [-0.25, -0.2) is 4.99 Å². The number of para-hydroxylation sites is 2. The van der Waals surface area contributed by atoms with Crippen LogP contribution in [0.3, 0.4) is 0 Å². The molecule has 0 saturated heterocycles. The number of ether oxygens (including phenoxy) is 1. The molecule has 0 atom stereocenters. The van der Waals surface area contributed by atoms with E-state index >= 15 is 0 Å². The first-order valence-corrected chi connectivity index (χ1v) is 8.25. The van der Waals surface area contributed by atoms with E-state index in [1.54, 1.807) is 4.90 Å². The number of carbonyl (C=O) groups is 1. The number of nitrogens with two attached hydrogens (primary N) is 1. The van der Waals surface area contributed by atoms with Gasteiger partial charge >= 0.3 is 0 Å². The standard InChI is InChI=1S/C18H23N3O2/c1-2-21(13-22)15-9-5-4-8-14(15)20-16-12-17(19)23-18(16)10-6-3-7-11-18/h4-5,8-9,12-13H,2-3,6-7,10-11,19H2,1H3. The predicted molar refractivity (Wildman–Crippen MR) is 91.8 cm³/mol. The van der Waals surface area contributed by atoms with Gasteiger partial charge in [0, 0.05) is 12.6 Å². The summed E-state index contributed by atoms with van der Waals surface area (Å²) in [6, 6.07) is 7.68. The van der Waals surface area contributed by atoms with Gasteiger partial charge in [0.1, 0.15) is 0 Å². The first-order chi connectivity index (χ1) is 11.2. The third-order valence-corrected chi connectivity index (χ3v) is 4.62. The van der Waals surface area contributed by atoms with Gasteiger partial charge in [-0.05, 0) is 44.7 Å². The van der Waals surface area contributed by atoms with Crippen LogP contribution in [0.5, 0.6) is 0 Å². The van der Waals surface area contributed by atoms with E-state index in [9.17, 15) is 4.79 Å². The third-order valence-electron chi connectivity index (χ3n) is 4.62. The monoisotopic (exact) mass is 313 g/mol. The number of anilines is 1. The molecule has 122 valence electrons. The lowest BCUT2D eigenvalue weighted by atomic mass is 9.82. The summed E-state index contributed by atoms with van der Waals surface area (Å²) in [4.78, 5) is 17.8. The topological polar surface area (TPSA) is 67.9 Å². The molecule has 1 saturated carbocycles. The van der Waals surface area contributed by atoms with Crippen LogP contribution >= 0.6 is 0 Å². The van der Waals surface area contributed by atoms with E-state index in [0.29, 0.717) is 12.4 Å². The number of aliphatic imine (C=N–C) groups is 1. The van der Waals surface area contributed by atoms with E-state index < -0.39 is 0 Å². The van der Waals surface area contributed by atoms with Crippen LogP contribution in [0, 0.1) is 0 Å². The Hall–Kier alpha value is -2.30. The van der Waals surface area contributed by atoms with Gasteiger partial charge in [0.2, 0.25) is 6.41 Å². The summed E-state index contributed by atoms with van der Waals surface area (Å²) in [7, 11) is 0. The highest BCUT2D eigenvalue weighted by Gasteiger charge is 2.43. The van der Waals surface area contributed by atoms with Crippen molar-refractivity contribution in [1.82, 2.24) is 0 Å². The molecule has 1 aliphatic heterocycles. The average molecular weight is 313 g/mol. The van der Waals surface area contributed by atoms with Gasteiger partial charge in [0.05, 0.1) is 17.1 Å². The molecule has 0 bridgehead atoms. The number of benzene rings is 1. The SMILES string of the molecule is CCN(C=O)c1ccccc1N=C1C=C(N)OC12CCCCC2. The molecule has 0 unspecified atom stereocenters. The number of nitrogens with zero attached hydrogens (tertiary/aromatic N) is 2. The molecule has 2 N–H and O–H groups in total. The van der Waals surface area contributed by atoms with Crippen LogP contribution < -0.4 is 10.6 Å². The first kappa shape index (κ1) is 15.6. The number of hydrogen-bond acceptors (Lipinski definition) is 4. The van der Waals surface area contributed by atoms with Crippen LogP contribution in [0.4, 0.5) is 11.4 Å². The normalized spacial score (nSPS) is 21.1. The van der Waals surface area contributed by atoms with Crippen LogP contribution in [0.2, 0.25) is 0 Å². The molecule has 2 aliphatic rings. The van der Waals surface area contributed by atoms with Crippen molar-refractivity contribution >= 4 is 23.5 Å². The van der Waals surface area contributed by atoms with Crippen LogP contribution in [-0.4, -0.2) is 24.3 Å². The molecular weight excluding hydrogens is 290 g/mol. The molecular formula is C18H23N3O2. The highest BCUT2D eigenvalue weighted by atomic mass is 16.5. The van der Waals surface area contributed by atoms with Crippen molar-refractivity contribution in [3.05, 3.63) is 36.2 Å². The van der Waals surface area contributed by atoms with Crippen molar-refractivity contribution in [2.75, 3.05) is 11.4 Å². The van der Waals surface area contributed by atoms with Gasteiger partial charge in [-0.3, -0.25) is 4.79 Å². The molecule has 5 heteroatoms. The quantitative estimate of drug-likeness (QED) is 0.867. The Labute approximate surface area is 136 Å². The average Bonchev–Trinajstić information content (AvgIpc) is 2.85. The summed E-state index contributed by atoms with van der Waals surface area (Å²) < 4.78 is 5.95. The van der Waals surface area contributed by atoms with Crippen LogP contribution in [-0.2, 0) is 9.53 Å². The molecule has 1 amide bonds. The van der Waals surface area contributed by atoms with Crippen molar-refractivity contribution in [3.8, 4) is 0 Å². The van der Waals surface area contributed by atoms with Gasteiger partial charge in [-0.1, -0.05) is 18.6 Å². The van der Waals surface area contributed by atoms with E-state index in [-0.39, 0.29) is 5.60 Å². The summed E-state index contributed by atoms with van der Waals surface area (Å²) in [5.41, 5.74) is 8.01. The molecule has 1 aromatic carbocycles. The Bertz CT molecular complexity index is 645. The van der Waals surface area contributed by atoms with Crippen molar-refractivity contribution < 1.29 is 9.53 Å². The molecule has 3 rings (SSSR count). The molecule has 0 radical (unpaired) electrons. The zero-order chi connectivity index (χ0) is 16.3. The summed E-state index contributed by atoms with van der Waals surface area (Å²) in [5.74, 6) is 0.436. The second kappa shape index (κ2) is 6.44. The summed E-state index contributed by atoms with van der Waals surface area (Å²) in [5, 5.41) is 0. The number of rotatable bonds is 4. The maximum Gasteiger partial charge on any atom is 0.214 e. The molecule has 5 nitrogen and oxygen atoms in total. The van der Waals surface area contributed by atoms with Gasteiger partial charge in [-0.2, -0.15) is 0 Å². The molecule has 1 aliphatic carbocycles. The zero-order valence-electron chi connectivity index (χ0n) is 13.5. The minimum absolute atomic E-state index is 0.381. The van der Waals surface area contributed by atoms with E-state index in [2.05, 4.69) is 0 Å². The molecule has 1 heterocycles. The Kier molecular flexibility index (Phi) is 4.37. The van der Waals surface area contributed by atoms with E-state index in [1.165, 1.54) is 6.42 Å². The zero-order valence-corrected chi connectivity index (χ0v) is 13.5. The second-order valence-electron chi connectivity index (χ2n) is 6.08. The lowest BCUT2D eigenvalue weighted by Crippen LogP contribution is -2.39. The third kappa shape index (κ3) is 2.96. The Balaban J connectivity index is 2.01. The smallest absolute Gasteiger partial charge is 0.214 e. The maximum atomic E-state index is 11.3. The first-order valence-electron chi connectivity index (χ1n) is 8.25. The summed E-state index contributed by atoms with van der Waals surface area (Å²) in [6.45, 7) is 2.54. The van der Waals surface area contributed by atoms with Crippen LogP contribution in [0.1, 0.15) is 39.0 Å². The van der Waals surface area contributed by atoms with Crippen molar-refractivity contribution in [2.45, 2.75) is 44.6 Å². The van der Waals surface area contributed by atoms with Gasteiger partial charge in [0.15, 0.2) is 11.5 Å². The lowest BCUT2D eigenvalue weighted by molar-refractivity contribution is -0.107. The summed E-state index contributed by atoms with van der Waals surface area (Å²) >= 11 is 0. The minimum Gasteiger partial charge on any atom is -0.466 e. The highest BCUT2D eigenvalue weighted by molar-refractivity contribution is 6.06. The van der Waals surface area contributed by atoms with Gasteiger partial charge in [-0.15, -0.1) is 0 Å². The van der Waals surface area contributed by atoms with E-state index in [0.717, 1.165) is 49.2 Å².